The fraction of sp³-hybridized carbons (Fsp3) is 0.833. The van der Waals surface area contributed by atoms with Crippen LogP contribution in [0.25, 0.3) is 0 Å². The first-order chi connectivity index (χ1) is 25.4. The maximum Gasteiger partial charge on any atom is 0.332 e. The summed E-state index contributed by atoms with van der Waals surface area (Å²) in [5, 5.41) is 22.7. The van der Waals surface area contributed by atoms with Gasteiger partial charge in [0, 0.05) is 49.4 Å². The molecule has 2 N–H and O–H groups in total. The molecule has 4 aliphatic carbocycles. The first-order valence-electron chi connectivity index (χ1n) is 20.0. The van der Waals surface area contributed by atoms with Crippen LogP contribution in [0.3, 0.4) is 0 Å². The summed E-state index contributed by atoms with van der Waals surface area (Å²) in [6.45, 7) is 19.8. The fourth-order valence-electron chi connectivity index (χ4n) is 10.9. The lowest BCUT2D eigenvalue weighted by Gasteiger charge is -2.65. The van der Waals surface area contributed by atoms with E-state index < -0.39 is 86.7 Å². The van der Waals surface area contributed by atoms with Gasteiger partial charge in [-0.3, -0.25) is 9.59 Å². The molecule has 4 rings (SSSR count). The van der Waals surface area contributed by atoms with E-state index in [1.165, 1.54) is 6.92 Å². The van der Waals surface area contributed by atoms with E-state index in [9.17, 15) is 29.4 Å². The van der Waals surface area contributed by atoms with Gasteiger partial charge in [0.25, 0.3) is 0 Å². The lowest BCUT2D eigenvalue weighted by atomic mass is 9.38. The predicted molar refractivity (Wildman–Crippen MR) is 200 cm³/mol. The van der Waals surface area contributed by atoms with Crippen LogP contribution in [-0.4, -0.2) is 109 Å². The van der Waals surface area contributed by atoms with Crippen LogP contribution in [0.5, 0.6) is 0 Å². The van der Waals surface area contributed by atoms with Crippen molar-refractivity contribution in [2.45, 2.75) is 144 Å². The molecule has 0 unspecified atom stereocenters. The molecule has 55 heavy (non-hydrogen) atoms. The summed E-state index contributed by atoms with van der Waals surface area (Å²) in [6.07, 6.45) is 0.347. The zero-order valence-electron chi connectivity index (χ0n) is 34.9. The van der Waals surface area contributed by atoms with Gasteiger partial charge in [0.15, 0.2) is 5.78 Å². The van der Waals surface area contributed by atoms with E-state index in [0.29, 0.717) is 26.2 Å². The van der Waals surface area contributed by atoms with Crippen LogP contribution in [0.2, 0.25) is 0 Å². The Bertz CT molecular complexity index is 1490. The molecule has 3 saturated carbocycles. The van der Waals surface area contributed by atoms with E-state index >= 15 is 4.79 Å². The second-order valence-corrected chi connectivity index (χ2v) is 18.1. The van der Waals surface area contributed by atoms with Crippen molar-refractivity contribution in [2.75, 3.05) is 39.6 Å². The third kappa shape index (κ3) is 8.47. The molecular weight excluding hydrogens is 712 g/mol. The van der Waals surface area contributed by atoms with Crippen molar-refractivity contribution >= 4 is 29.5 Å². The van der Waals surface area contributed by atoms with Gasteiger partial charge in [0.1, 0.15) is 49.5 Å². The Kier molecular flexibility index (Phi) is 13.6. The van der Waals surface area contributed by atoms with Crippen LogP contribution in [0.1, 0.15) is 115 Å². The van der Waals surface area contributed by atoms with Crippen LogP contribution < -0.4 is 0 Å². The second kappa shape index (κ2) is 16.6. The van der Waals surface area contributed by atoms with E-state index in [0.717, 1.165) is 5.57 Å². The van der Waals surface area contributed by atoms with Crippen LogP contribution in [0, 0.1) is 39.4 Å². The topological polar surface area (TPSA) is 181 Å². The lowest BCUT2D eigenvalue weighted by molar-refractivity contribution is -0.201. The molecule has 0 amide bonds. The molecule has 0 aromatic rings. The van der Waals surface area contributed by atoms with Crippen LogP contribution >= 0.6 is 0 Å². The molecule has 10 atom stereocenters. The molecule has 312 valence electrons. The molecule has 0 aromatic carbocycles. The molecular formula is C42H66O13. The highest BCUT2D eigenvalue weighted by Crippen LogP contribution is 2.74. The zero-order chi connectivity index (χ0) is 41.4. The van der Waals surface area contributed by atoms with Gasteiger partial charge < -0.3 is 38.6 Å². The molecule has 0 aromatic heterocycles. The number of fused-ring (bicyclic) bond motifs is 5. The maximum atomic E-state index is 15.1. The summed E-state index contributed by atoms with van der Waals surface area (Å²) in [4.78, 5) is 68.3. The number of Topliss-reactive ketones (excluding diaryl/α,β-unsaturated/α-hetero) is 2. The highest BCUT2D eigenvalue weighted by atomic mass is 16.6. The summed E-state index contributed by atoms with van der Waals surface area (Å²) in [5.41, 5.74) is -5.85. The minimum atomic E-state index is -2.01. The first-order valence-corrected chi connectivity index (χ1v) is 20.0. The van der Waals surface area contributed by atoms with Crippen molar-refractivity contribution < 1.29 is 62.6 Å². The van der Waals surface area contributed by atoms with Gasteiger partial charge in [0.2, 0.25) is 0 Å². The number of carbonyl (C=O) groups excluding carboxylic acids is 5. The van der Waals surface area contributed by atoms with Crippen LogP contribution in [0.4, 0.5) is 0 Å². The predicted octanol–water partition coefficient (Wildman–Crippen LogP) is 4.71. The Hall–Kier alpha value is -2.71. The normalized spacial score (nSPS) is 35.0. The van der Waals surface area contributed by atoms with Gasteiger partial charge >= 0.3 is 17.9 Å². The number of ether oxygens (including phenoxy) is 6. The Balaban J connectivity index is 1.81. The van der Waals surface area contributed by atoms with Gasteiger partial charge in [-0.25, -0.2) is 14.4 Å². The molecule has 0 spiro atoms. The average molecular weight is 779 g/mol. The number of esters is 3. The first kappa shape index (κ1) is 45.0. The third-order valence-corrected chi connectivity index (χ3v) is 13.8. The second-order valence-electron chi connectivity index (χ2n) is 18.1. The van der Waals surface area contributed by atoms with Crippen LogP contribution in [0.15, 0.2) is 11.6 Å². The number of allylic oxidation sites excluding steroid dienone is 1. The van der Waals surface area contributed by atoms with Crippen molar-refractivity contribution in [1.82, 2.24) is 0 Å². The summed E-state index contributed by atoms with van der Waals surface area (Å²) >= 11 is 0. The Morgan fingerprint density at radius 3 is 1.80 bits per heavy atom. The van der Waals surface area contributed by atoms with Crippen molar-refractivity contribution in [3.63, 3.8) is 0 Å². The standard InChI is InChI=1S/C42H66O13/c1-12-50-22-32(45)53-27-19-26-25(38(6,7)36(27)55-34(47)24-52-14-3)15-16-29-39(8)20-28(54-33(46)23-51-13-2)35(40(39,9)21-31(44)41(26,29)10)42(11,49)30(43)17-18-37(4,5)48/h15,26-29,35-36,48-49H,12-14,16-24H2,1-11H3/t26-,27+,28-,29+,35+,36-,39+,40-,41+,42+/m1/s1. The number of carbonyl (C=O) groups is 5. The summed E-state index contributed by atoms with van der Waals surface area (Å²) in [7, 11) is 0. The van der Waals surface area contributed by atoms with Crippen LogP contribution in [-0.2, 0) is 52.4 Å². The van der Waals surface area contributed by atoms with Crippen molar-refractivity contribution in [3.05, 3.63) is 11.6 Å². The molecule has 0 aliphatic heterocycles. The van der Waals surface area contributed by atoms with E-state index in [-0.39, 0.29) is 63.6 Å². The number of hydrogen-bond acceptors (Lipinski definition) is 13. The highest BCUT2D eigenvalue weighted by molar-refractivity contribution is 5.90. The van der Waals surface area contributed by atoms with E-state index in [1.54, 1.807) is 34.6 Å². The quantitative estimate of drug-likeness (QED) is 0.118. The van der Waals surface area contributed by atoms with E-state index in [2.05, 4.69) is 13.0 Å². The minimum Gasteiger partial charge on any atom is -0.460 e. The number of aliphatic hydroxyl groups is 2. The smallest absolute Gasteiger partial charge is 0.332 e. The Morgan fingerprint density at radius 1 is 0.782 bits per heavy atom. The Labute approximate surface area is 326 Å². The molecule has 4 aliphatic rings. The van der Waals surface area contributed by atoms with Crippen molar-refractivity contribution in [2.24, 2.45) is 39.4 Å². The summed E-state index contributed by atoms with van der Waals surface area (Å²) in [5.74, 6) is -4.11. The van der Waals surface area contributed by atoms with E-state index in [4.69, 9.17) is 28.4 Å². The molecule has 0 saturated heterocycles. The molecule has 0 radical (unpaired) electrons. The summed E-state index contributed by atoms with van der Waals surface area (Å²) in [6, 6.07) is 0. The number of rotatable bonds is 17. The monoisotopic (exact) mass is 778 g/mol. The fourth-order valence-corrected chi connectivity index (χ4v) is 10.9. The van der Waals surface area contributed by atoms with Gasteiger partial charge in [0.05, 0.1) is 5.60 Å². The average Bonchev–Trinajstić information content (AvgIpc) is 3.31. The third-order valence-electron chi connectivity index (χ3n) is 13.8. The lowest BCUT2D eigenvalue weighted by Crippen LogP contribution is -2.66. The van der Waals surface area contributed by atoms with Gasteiger partial charge in [-0.05, 0) is 89.9 Å². The molecule has 13 nitrogen and oxygen atoms in total. The number of ketones is 2. The van der Waals surface area contributed by atoms with E-state index in [1.807, 2.05) is 27.7 Å². The summed E-state index contributed by atoms with van der Waals surface area (Å²) < 4.78 is 34.2. The number of hydrogen-bond donors (Lipinski definition) is 2. The Morgan fingerprint density at radius 2 is 1.29 bits per heavy atom. The highest BCUT2D eigenvalue weighted by Gasteiger charge is 2.75. The molecule has 3 fully saturated rings. The maximum absolute atomic E-state index is 15.1. The van der Waals surface area contributed by atoms with Crippen molar-refractivity contribution in [1.29, 1.82) is 0 Å². The van der Waals surface area contributed by atoms with Crippen molar-refractivity contribution in [3.8, 4) is 0 Å². The largest absolute Gasteiger partial charge is 0.460 e. The minimum absolute atomic E-state index is 0.0125. The zero-order valence-corrected chi connectivity index (χ0v) is 34.9. The molecule has 0 bridgehead atoms. The van der Waals surface area contributed by atoms with Gasteiger partial charge in [-0.2, -0.15) is 0 Å². The SMILES string of the molecule is CCOCC(=O)O[C@H]1C[C@@H]2C(=CC[C@@H]3[C@@]2(C)C(=O)C[C@]2(C)[C@@H]([C@@](C)(O)C(=O)CCC(C)(C)O)[C@H](OC(=O)COCC)C[C@@]32C)C(C)(C)[C@@H]1OC(=O)COCC. The van der Waals surface area contributed by atoms with Gasteiger partial charge in [-0.15, -0.1) is 0 Å². The molecule has 13 heteroatoms. The van der Waals surface area contributed by atoms with Gasteiger partial charge in [-0.1, -0.05) is 46.3 Å². The molecule has 0 heterocycles.